The Labute approximate surface area is 125 Å². The monoisotopic (exact) mass is 335 g/mol. The molecule has 2 rings (SSSR count). The van der Waals surface area contributed by atoms with E-state index in [4.69, 9.17) is 0 Å². The van der Waals surface area contributed by atoms with Crippen LogP contribution in [0.3, 0.4) is 0 Å². The van der Waals surface area contributed by atoms with Gasteiger partial charge in [-0.3, -0.25) is 4.79 Å². The highest BCUT2D eigenvalue weighted by Crippen LogP contribution is 2.15. The number of aryl methyl sites for hydroxylation is 1. The van der Waals surface area contributed by atoms with E-state index < -0.39 is 0 Å². The molecule has 0 unspecified atom stereocenters. The third kappa shape index (κ3) is 4.33. The minimum atomic E-state index is -0.0734. The second-order valence-corrected chi connectivity index (χ2v) is 6.05. The van der Waals surface area contributed by atoms with E-state index in [0.717, 1.165) is 10.0 Å². The van der Waals surface area contributed by atoms with Gasteiger partial charge >= 0.3 is 0 Å². The van der Waals surface area contributed by atoms with Crippen LogP contribution in [0.2, 0.25) is 0 Å². The fourth-order valence-corrected chi connectivity index (χ4v) is 2.67. The molecule has 0 aliphatic rings. The Hall–Kier alpha value is -1.39. The minimum absolute atomic E-state index is 0.0734. The summed E-state index contributed by atoms with van der Waals surface area (Å²) in [6.07, 6.45) is 3.37. The maximum atomic E-state index is 11.7. The first-order chi connectivity index (χ1) is 9.15. The Morgan fingerprint density at radius 1 is 1.32 bits per heavy atom. The lowest BCUT2D eigenvalue weighted by molar-refractivity contribution is -0.116. The largest absolute Gasteiger partial charge is 0.348 e. The molecule has 1 aromatic carbocycles. The minimum Gasteiger partial charge on any atom is -0.348 e. The lowest BCUT2D eigenvalue weighted by Gasteiger charge is -2.01. The van der Waals surface area contributed by atoms with Crippen molar-refractivity contribution in [2.45, 2.75) is 13.5 Å². The molecule has 2 nitrogen and oxygen atoms in total. The lowest BCUT2D eigenvalue weighted by atomic mass is 10.2. The third-order valence-corrected chi connectivity index (χ3v) is 4.24. The van der Waals surface area contributed by atoms with Crippen LogP contribution in [0.1, 0.15) is 16.0 Å². The molecule has 0 saturated carbocycles. The predicted molar refractivity (Wildman–Crippen MR) is 84.1 cm³/mol. The van der Waals surface area contributed by atoms with Gasteiger partial charge in [-0.25, -0.2) is 0 Å². The lowest BCUT2D eigenvalue weighted by Crippen LogP contribution is -2.19. The van der Waals surface area contributed by atoms with Crippen LogP contribution in [0.4, 0.5) is 0 Å². The normalized spacial score (nSPS) is 10.8. The van der Waals surface area contributed by atoms with E-state index in [9.17, 15) is 4.79 Å². The van der Waals surface area contributed by atoms with Crippen molar-refractivity contribution in [3.8, 4) is 0 Å². The van der Waals surface area contributed by atoms with Gasteiger partial charge in [0.1, 0.15) is 0 Å². The highest BCUT2D eigenvalue weighted by atomic mass is 79.9. The Morgan fingerprint density at radius 3 is 2.68 bits per heavy atom. The van der Waals surface area contributed by atoms with Gasteiger partial charge < -0.3 is 5.32 Å². The molecule has 1 heterocycles. The number of hydrogen-bond donors (Lipinski definition) is 1. The summed E-state index contributed by atoms with van der Waals surface area (Å²) in [6.45, 7) is 2.64. The zero-order chi connectivity index (χ0) is 13.7. The van der Waals surface area contributed by atoms with E-state index in [1.54, 1.807) is 17.4 Å². The van der Waals surface area contributed by atoms with E-state index in [0.29, 0.717) is 6.54 Å². The van der Waals surface area contributed by atoms with Crippen molar-refractivity contribution in [1.82, 2.24) is 5.32 Å². The van der Waals surface area contributed by atoms with Crippen LogP contribution in [0.25, 0.3) is 6.08 Å². The molecule has 0 bridgehead atoms. The quantitative estimate of drug-likeness (QED) is 0.835. The molecule has 0 aliphatic heterocycles. The van der Waals surface area contributed by atoms with Gasteiger partial charge in [0.2, 0.25) is 5.91 Å². The van der Waals surface area contributed by atoms with E-state index in [-0.39, 0.29) is 5.91 Å². The molecule has 0 fully saturated rings. The molecule has 0 spiro atoms. The van der Waals surface area contributed by atoms with Gasteiger partial charge in [-0.1, -0.05) is 28.1 Å². The van der Waals surface area contributed by atoms with E-state index >= 15 is 0 Å². The van der Waals surface area contributed by atoms with Crippen LogP contribution < -0.4 is 5.32 Å². The van der Waals surface area contributed by atoms with Crippen molar-refractivity contribution in [2.24, 2.45) is 0 Å². The first-order valence-corrected chi connectivity index (χ1v) is 7.57. The number of halogens is 1. The summed E-state index contributed by atoms with van der Waals surface area (Å²) in [5, 5.41) is 4.92. The molecule has 98 valence electrons. The predicted octanol–water partition coefficient (Wildman–Crippen LogP) is 4.15. The van der Waals surface area contributed by atoms with Crippen molar-refractivity contribution in [1.29, 1.82) is 0 Å². The van der Waals surface area contributed by atoms with Crippen molar-refractivity contribution in [3.63, 3.8) is 0 Å². The van der Waals surface area contributed by atoms with Gasteiger partial charge in [-0.15, -0.1) is 11.3 Å². The number of thiophene rings is 1. The summed E-state index contributed by atoms with van der Waals surface area (Å²) in [4.78, 5) is 12.9. The average molecular weight is 336 g/mol. The molecule has 19 heavy (non-hydrogen) atoms. The van der Waals surface area contributed by atoms with Crippen LogP contribution in [0.5, 0.6) is 0 Å². The molecule has 1 N–H and O–H groups in total. The number of hydrogen-bond acceptors (Lipinski definition) is 2. The molecular formula is C15H14BrNOS. The Kier molecular flexibility index (Phi) is 4.93. The number of carbonyl (C=O) groups excluding carboxylic acids is 1. The highest BCUT2D eigenvalue weighted by molar-refractivity contribution is 9.10. The Balaban J connectivity index is 1.87. The molecule has 2 aromatic rings. The van der Waals surface area contributed by atoms with Gasteiger partial charge in [-0.05, 0) is 47.7 Å². The number of carbonyl (C=O) groups is 1. The summed E-state index contributed by atoms with van der Waals surface area (Å²) < 4.78 is 1.03. The fourth-order valence-electron chi connectivity index (χ4n) is 1.56. The molecule has 0 aliphatic carbocycles. The smallest absolute Gasteiger partial charge is 0.244 e. The van der Waals surface area contributed by atoms with Crippen molar-refractivity contribution >= 4 is 39.2 Å². The summed E-state index contributed by atoms with van der Waals surface area (Å²) >= 11 is 5.04. The van der Waals surface area contributed by atoms with Crippen LogP contribution in [0.15, 0.2) is 46.3 Å². The van der Waals surface area contributed by atoms with Crippen LogP contribution in [-0.2, 0) is 11.3 Å². The van der Waals surface area contributed by atoms with Gasteiger partial charge in [0.05, 0.1) is 6.54 Å². The first kappa shape index (κ1) is 14.0. The summed E-state index contributed by atoms with van der Waals surface area (Å²) in [7, 11) is 0. The molecule has 1 amide bonds. The summed E-state index contributed by atoms with van der Waals surface area (Å²) in [5.41, 5.74) is 2.23. The van der Waals surface area contributed by atoms with Gasteiger partial charge in [0.25, 0.3) is 0 Å². The molecule has 0 atom stereocenters. The number of amides is 1. The number of rotatable bonds is 4. The maximum Gasteiger partial charge on any atom is 0.244 e. The zero-order valence-corrected chi connectivity index (χ0v) is 12.9. The highest BCUT2D eigenvalue weighted by Gasteiger charge is 2.01. The average Bonchev–Trinajstić information content (AvgIpc) is 2.81. The van der Waals surface area contributed by atoms with Crippen LogP contribution >= 0.6 is 27.3 Å². The molecule has 0 saturated heterocycles. The van der Waals surface area contributed by atoms with Crippen molar-refractivity contribution < 1.29 is 4.79 Å². The van der Waals surface area contributed by atoms with Gasteiger partial charge in [-0.2, -0.15) is 0 Å². The molecule has 4 heteroatoms. The molecule has 1 aromatic heterocycles. The fraction of sp³-hybridized carbons (Fsp3) is 0.133. The Morgan fingerprint density at radius 2 is 2.05 bits per heavy atom. The second kappa shape index (κ2) is 6.68. The topological polar surface area (TPSA) is 29.1 Å². The van der Waals surface area contributed by atoms with Gasteiger partial charge in [0, 0.05) is 15.4 Å². The standard InChI is InChI=1S/C15H14BrNOS/c1-11-8-9-19-14(11)10-17-15(18)7-4-12-2-5-13(16)6-3-12/h2-9H,10H2,1H3,(H,17,18)/b7-4+. The molecule has 0 radical (unpaired) electrons. The van der Waals surface area contributed by atoms with Crippen LogP contribution in [0, 0.1) is 6.92 Å². The van der Waals surface area contributed by atoms with Crippen molar-refractivity contribution in [2.75, 3.05) is 0 Å². The summed E-state index contributed by atoms with van der Waals surface area (Å²) in [6, 6.07) is 9.87. The first-order valence-electron chi connectivity index (χ1n) is 5.89. The third-order valence-electron chi connectivity index (χ3n) is 2.69. The van der Waals surface area contributed by atoms with Gasteiger partial charge in [0.15, 0.2) is 0 Å². The molecular weight excluding hydrogens is 322 g/mol. The maximum absolute atomic E-state index is 11.7. The van der Waals surface area contributed by atoms with E-state index in [1.165, 1.54) is 10.4 Å². The number of nitrogens with one attached hydrogen (secondary N) is 1. The van der Waals surface area contributed by atoms with Crippen LogP contribution in [-0.4, -0.2) is 5.91 Å². The second-order valence-electron chi connectivity index (χ2n) is 4.13. The number of benzene rings is 1. The Bertz CT molecular complexity index is 586. The SMILES string of the molecule is Cc1ccsc1CNC(=O)/C=C/c1ccc(Br)cc1. The summed E-state index contributed by atoms with van der Waals surface area (Å²) in [5.74, 6) is -0.0734. The van der Waals surface area contributed by atoms with Crippen molar-refractivity contribution in [3.05, 3.63) is 62.3 Å². The zero-order valence-electron chi connectivity index (χ0n) is 10.5. The van der Waals surface area contributed by atoms with E-state index in [2.05, 4.69) is 34.2 Å². The van der Waals surface area contributed by atoms with E-state index in [1.807, 2.05) is 35.7 Å².